The van der Waals surface area contributed by atoms with Crippen LogP contribution in [0.2, 0.25) is 0 Å². The highest BCUT2D eigenvalue weighted by molar-refractivity contribution is 6.24. The summed E-state index contributed by atoms with van der Waals surface area (Å²) in [4.78, 5) is 10.5. The molecule has 0 aliphatic carbocycles. The first kappa shape index (κ1) is 30.5. The van der Waals surface area contributed by atoms with Crippen LogP contribution in [0.15, 0.2) is 194 Å². The van der Waals surface area contributed by atoms with Gasteiger partial charge in [0, 0.05) is 21.9 Å². The highest BCUT2D eigenvalue weighted by Gasteiger charge is 2.19. The Kier molecular flexibility index (Phi) is 6.90. The number of hydrogen-bond donors (Lipinski definition) is 0. The predicted octanol–water partition coefficient (Wildman–Crippen LogP) is 14.1. The maximum absolute atomic E-state index is 5.37. The number of benzene rings is 9. The molecule has 2 heterocycles. The Labute approximate surface area is 312 Å². The Bertz CT molecular complexity index is 3210. The van der Waals surface area contributed by atoms with Gasteiger partial charge >= 0.3 is 0 Å². The van der Waals surface area contributed by atoms with Crippen molar-refractivity contribution in [2.45, 2.75) is 0 Å². The molecule has 0 saturated heterocycles. The van der Waals surface area contributed by atoms with Crippen LogP contribution in [0.1, 0.15) is 0 Å². The van der Waals surface area contributed by atoms with Crippen LogP contribution in [0, 0.1) is 0 Å². The molecule has 54 heavy (non-hydrogen) atoms. The average Bonchev–Trinajstić information content (AvgIpc) is 3.25. The molecule has 0 unspecified atom stereocenters. The summed E-state index contributed by atoms with van der Waals surface area (Å²) in [5, 5.41) is 12.0. The van der Waals surface area contributed by atoms with Crippen LogP contribution in [0.5, 0.6) is 0 Å². The molecule has 2 nitrogen and oxygen atoms in total. The number of aromatic nitrogens is 2. The van der Waals surface area contributed by atoms with Crippen molar-refractivity contribution in [1.82, 2.24) is 9.97 Å². The van der Waals surface area contributed by atoms with Crippen molar-refractivity contribution in [2.75, 3.05) is 0 Å². The van der Waals surface area contributed by atoms with Gasteiger partial charge in [-0.2, -0.15) is 0 Å². The van der Waals surface area contributed by atoms with E-state index in [-0.39, 0.29) is 0 Å². The van der Waals surface area contributed by atoms with Gasteiger partial charge < -0.3 is 0 Å². The first-order valence-electron chi connectivity index (χ1n) is 18.5. The fraction of sp³-hybridized carbons (Fsp3) is 0. The summed E-state index contributed by atoms with van der Waals surface area (Å²) < 4.78 is 0. The molecule has 0 N–H and O–H groups in total. The third kappa shape index (κ3) is 4.81. The molecule has 0 atom stereocenters. The third-order valence-electron chi connectivity index (χ3n) is 11.0. The second-order valence-electron chi connectivity index (χ2n) is 14.1. The minimum absolute atomic E-state index is 0.914. The van der Waals surface area contributed by atoms with Crippen molar-refractivity contribution in [3.05, 3.63) is 194 Å². The molecule has 0 radical (unpaired) electrons. The summed E-state index contributed by atoms with van der Waals surface area (Å²) in [5.74, 6) is 0. The summed E-state index contributed by atoms with van der Waals surface area (Å²) in [6.07, 6.45) is 0. The first-order valence-corrected chi connectivity index (χ1v) is 18.5. The van der Waals surface area contributed by atoms with Gasteiger partial charge in [-0.05, 0) is 83.5 Å². The topological polar surface area (TPSA) is 25.8 Å². The van der Waals surface area contributed by atoms with Crippen LogP contribution in [0.3, 0.4) is 0 Å². The Morgan fingerprint density at radius 2 is 0.722 bits per heavy atom. The molecular weight excluding hydrogens is 653 g/mol. The number of hydrogen-bond acceptors (Lipinski definition) is 2. The summed E-state index contributed by atoms with van der Waals surface area (Å²) in [6.45, 7) is 0. The van der Waals surface area contributed by atoms with E-state index in [0.717, 1.165) is 44.3 Å². The van der Waals surface area contributed by atoms with Crippen molar-refractivity contribution < 1.29 is 0 Å². The molecule has 2 aromatic heterocycles. The van der Waals surface area contributed by atoms with Crippen LogP contribution in [-0.4, -0.2) is 9.97 Å². The van der Waals surface area contributed by atoms with E-state index in [4.69, 9.17) is 9.97 Å². The van der Waals surface area contributed by atoms with E-state index in [1.807, 2.05) is 6.07 Å². The maximum atomic E-state index is 5.37. The number of fused-ring (bicyclic) bond motifs is 7. The van der Waals surface area contributed by atoms with Gasteiger partial charge in [0.05, 0.1) is 22.4 Å². The minimum atomic E-state index is 0.914. The molecule has 0 saturated carbocycles. The monoisotopic (exact) mass is 684 g/mol. The highest BCUT2D eigenvalue weighted by Crippen LogP contribution is 2.46. The lowest BCUT2D eigenvalue weighted by molar-refractivity contribution is 1.37. The van der Waals surface area contributed by atoms with Crippen molar-refractivity contribution in [3.8, 4) is 44.8 Å². The van der Waals surface area contributed by atoms with E-state index in [2.05, 4.69) is 188 Å². The minimum Gasteiger partial charge on any atom is -0.245 e. The SMILES string of the molecule is c1ccc(-c2ccc3ccc4ccc(-c5ccc(-c6c7ccccc7c(-c7ccc8ccccc8c7)c7ccccc67)c6ccccc56)nc4c3n2)cc1. The Morgan fingerprint density at radius 1 is 0.259 bits per heavy atom. The van der Waals surface area contributed by atoms with Crippen molar-refractivity contribution in [2.24, 2.45) is 0 Å². The summed E-state index contributed by atoms with van der Waals surface area (Å²) in [7, 11) is 0. The number of nitrogens with zero attached hydrogens (tertiary/aromatic N) is 2. The second kappa shape index (κ2) is 12.2. The normalized spacial score (nSPS) is 11.7. The highest BCUT2D eigenvalue weighted by atomic mass is 14.8. The van der Waals surface area contributed by atoms with Crippen molar-refractivity contribution >= 4 is 64.9 Å². The molecular formula is C52H32N2. The zero-order valence-electron chi connectivity index (χ0n) is 29.4. The van der Waals surface area contributed by atoms with E-state index in [1.165, 1.54) is 65.3 Å². The predicted molar refractivity (Wildman–Crippen MR) is 229 cm³/mol. The zero-order valence-corrected chi connectivity index (χ0v) is 29.4. The molecule has 2 heteroatoms. The van der Waals surface area contributed by atoms with E-state index < -0.39 is 0 Å². The second-order valence-corrected chi connectivity index (χ2v) is 14.1. The van der Waals surface area contributed by atoms with E-state index in [9.17, 15) is 0 Å². The van der Waals surface area contributed by atoms with Gasteiger partial charge in [-0.25, -0.2) is 9.97 Å². The van der Waals surface area contributed by atoms with Crippen LogP contribution in [-0.2, 0) is 0 Å². The fourth-order valence-corrected chi connectivity index (χ4v) is 8.50. The van der Waals surface area contributed by atoms with Gasteiger partial charge in [-0.15, -0.1) is 0 Å². The molecule has 0 aliphatic rings. The molecule has 11 rings (SSSR count). The molecule has 250 valence electrons. The van der Waals surface area contributed by atoms with Crippen LogP contribution < -0.4 is 0 Å². The Hall–Kier alpha value is -7.16. The lowest BCUT2D eigenvalue weighted by Gasteiger charge is -2.20. The number of rotatable bonds is 4. The Balaban J connectivity index is 1.13. The largest absolute Gasteiger partial charge is 0.245 e. The van der Waals surface area contributed by atoms with Crippen molar-refractivity contribution in [3.63, 3.8) is 0 Å². The van der Waals surface area contributed by atoms with Crippen molar-refractivity contribution in [1.29, 1.82) is 0 Å². The first-order chi connectivity index (χ1) is 26.8. The fourth-order valence-electron chi connectivity index (χ4n) is 8.50. The van der Waals surface area contributed by atoms with Crippen LogP contribution >= 0.6 is 0 Å². The summed E-state index contributed by atoms with van der Waals surface area (Å²) in [6, 6.07) is 69.9. The molecule has 9 aromatic carbocycles. The molecule has 0 fully saturated rings. The summed E-state index contributed by atoms with van der Waals surface area (Å²) >= 11 is 0. The van der Waals surface area contributed by atoms with Gasteiger partial charge in [0.15, 0.2) is 0 Å². The maximum Gasteiger partial charge on any atom is 0.0972 e. The lowest BCUT2D eigenvalue weighted by Crippen LogP contribution is -1.94. The quantitative estimate of drug-likeness (QED) is 0.136. The van der Waals surface area contributed by atoms with Gasteiger partial charge in [-0.3, -0.25) is 0 Å². The zero-order chi connectivity index (χ0) is 35.6. The lowest BCUT2D eigenvalue weighted by atomic mass is 9.84. The van der Waals surface area contributed by atoms with Gasteiger partial charge in [0.25, 0.3) is 0 Å². The molecule has 0 bridgehead atoms. The standard InChI is InChI=1S/C52H32N2/c1-2-13-34(14-3-1)47-30-26-35-23-24-36-27-31-48(54-52(36)51(35)53-47)41-28-29-46(40-17-7-6-16-39(40)41)50-44-20-10-8-18-42(44)49(43-19-9-11-21-45(43)50)38-25-22-33-12-4-5-15-37(33)32-38/h1-32H. The summed E-state index contributed by atoms with van der Waals surface area (Å²) in [5.41, 5.74) is 10.9. The van der Waals surface area contributed by atoms with Crippen LogP contribution in [0.25, 0.3) is 110 Å². The van der Waals surface area contributed by atoms with E-state index >= 15 is 0 Å². The van der Waals surface area contributed by atoms with Gasteiger partial charge in [0.1, 0.15) is 0 Å². The molecule has 0 amide bonds. The average molecular weight is 685 g/mol. The Morgan fingerprint density at radius 3 is 1.39 bits per heavy atom. The third-order valence-corrected chi connectivity index (χ3v) is 11.0. The smallest absolute Gasteiger partial charge is 0.0972 e. The molecule has 11 aromatic rings. The van der Waals surface area contributed by atoms with E-state index in [0.29, 0.717) is 0 Å². The van der Waals surface area contributed by atoms with Gasteiger partial charge in [-0.1, -0.05) is 176 Å². The number of pyridine rings is 2. The van der Waals surface area contributed by atoms with Crippen LogP contribution in [0.4, 0.5) is 0 Å². The molecule has 0 aliphatic heterocycles. The van der Waals surface area contributed by atoms with E-state index in [1.54, 1.807) is 0 Å². The molecule has 0 spiro atoms. The van der Waals surface area contributed by atoms with Gasteiger partial charge in [0.2, 0.25) is 0 Å².